The standard InChI is InChI=1S/C15H23NO/c1-3-12(2)15(16)14(17)11-7-10-13-8-5-4-6-9-13/h4-6,8-9,12,15H,3,7,10-11,16H2,1-2H3. The van der Waals surface area contributed by atoms with Crippen LogP contribution in [0.4, 0.5) is 0 Å². The number of Topliss-reactive ketones (excluding diaryl/α,β-unsaturated/α-hetero) is 1. The molecule has 0 heterocycles. The zero-order chi connectivity index (χ0) is 12.7. The first-order valence-electron chi connectivity index (χ1n) is 6.47. The van der Waals surface area contributed by atoms with Gasteiger partial charge in [0.15, 0.2) is 0 Å². The monoisotopic (exact) mass is 233 g/mol. The van der Waals surface area contributed by atoms with Crippen LogP contribution in [0.5, 0.6) is 0 Å². The molecule has 1 aromatic carbocycles. The van der Waals surface area contributed by atoms with Crippen LogP contribution in [0, 0.1) is 5.92 Å². The molecule has 0 radical (unpaired) electrons. The maximum atomic E-state index is 11.8. The van der Waals surface area contributed by atoms with Crippen LogP contribution in [0.2, 0.25) is 0 Å². The van der Waals surface area contributed by atoms with Crippen LogP contribution in [-0.4, -0.2) is 11.8 Å². The van der Waals surface area contributed by atoms with Gasteiger partial charge < -0.3 is 5.73 Å². The van der Waals surface area contributed by atoms with Crippen LogP contribution in [0.15, 0.2) is 30.3 Å². The van der Waals surface area contributed by atoms with Crippen molar-refractivity contribution in [2.24, 2.45) is 11.7 Å². The lowest BCUT2D eigenvalue weighted by Crippen LogP contribution is -2.36. The Bertz CT molecular complexity index is 334. The topological polar surface area (TPSA) is 43.1 Å². The second kappa shape index (κ2) is 7.23. The van der Waals surface area contributed by atoms with Crippen molar-refractivity contribution in [1.82, 2.24) is 0 Å². The van der Waals surface area contributed by atoms with E-state index in [1.165, 1.54) is 5.56 Å². The highest BCUT2D eigenvalue weighted by Crippen LogP contribution is 2.11. The number of rotatable bonds is 7. The molecule has 2 nitrogen and oxygen atoms in total. The Morgan fingerprint density at radius 2 is 1.94 bits per heavy atom. The molecule has 1 aromatic rings. The van der Waals surface area contributed by atoms with Gasteiger partial charge in [-0.3, -0.25) is 4.79 Å². The molecule has 94 valence electrons. The Kier molecular flexibility index (Phi) is 5.92. The Hall–Kier alpha value is -1.15. The third-order valence-electron chi connectivity index (χ3n) is 3.36. The first kappa shape index (κ1) is 13.9. The van der Waals surface area contributed by atoms with Crippen LogP contribution in [0.25, 0.3) is 0 Å². The highest BCUT2D eigenvalue weighted by Gasteiger charge is 2.18. The van der Waals surface area contributed by atoms with Gasteiger partial charge in [-0.15, -0.1) is 0 Å². The molecule has 2 heteroatoms. The van der Waals surface area contributed by atoms with Crippen LogP contribution >= 0.6 is 0 Å². The minimum absolute atomic E-state index is 0.204. The van der Waals surface area contributed by atoms with Crippen molar-refractivity contribution in [3.8, 4) is 0 Å². The van der Waals surface area contributed by atoms with Crippen molar-refractivity contribution in [3.05, 3.63) is 35.9 Å². The minimum Gasteiger partial charge on any atom is -0.321 e. The molecule has 2 atom stereocenters. The molecule has 1 rings (SSSR count). The van der Waals surface area contributed by atoms with Crippen LogP contribution < -0.4 is 5.73 Å². The summed E-state index contributed by atoms with van der Waals surface area (Å²) in [5, 5.41) is 0. The lowest BCUT2D eigenvalue weighted by Gasteiger charge is -2.16. The van der Waals surface area contributed by atoms with Gasteiger partial charge in [-0.2, -0.15) is 0 Å². The lowest BCUT2D eigenvalue weighted by atomic mass is 9.93. The maximum absolute atomic E-state index is 11.8. The molecule has 0 aromatic heterocycles. The van der Waals surface area contributed by atoms with E-state index in [-0.39, 0.29) is 11.8 Å². The number of benzene rings is 1. The Balaban J connectivity index is 2.29. The SMILES string of the molecule is CCC(C)C(N)C(=O)CCCc1ccccc1. The largest absolute Gasteiger partial charge is 0.321 e. The van der Waals surface area contributed by atoms with Gasteiger partial charge in [0.25, 0.3) is 0 Å². The summed E-state index contributed by atoms with van der Waals surface area (Å²) in [7, 11) is 0. The Labute approximate surface area is 104 Å². The fourth-order valence-electron chi connectivity index (χ4n) is 1.85. The van der Waals surface area contributed by atoms with E-state index >= 15 is 0 Å². The molecule has 0 aliphatic carbocycles. The number of carbonyl (C=O) groups excluding carboxylic acids is 1. The predicted molar refractivity (Wildman–Crippen MR) is 71.8 cm³/mol. The van der Waals surface area contributed by atoms with E-state index in [0.29, 0.717) is 12.3 Å². The lowest BCUT2D eigenvalue weighted by molar-refractivity contribution is -0.121. The van der Waals surface area contributed by atoms with Crippen LogP contribution in [-0.2, 0) is 11.2 Å². The van der Waals surface area contributed by atoms with Crippen molar-refractivity contribution in [2.75, 3.05) is 0 Å². The molecule has 0 spiro atoms. The molecule has 0 bridgehead atoms. The smallest absolute Gasteiger partial charge is 0.149 e. The van der Waals surface area contributed by atoms with E-state index in [0.717, 1.165) is 19.3 Å². The van der Waals surface area contributed by atoms with Gasteiger partial charge in [-0.05, 0) is 24.3 Å². The second-order valence-corrected chi connectivity index (χ2v) is 4.72. The fraction of sp³-hybridized carbons (Fsp3) is 0.533. The third kappa shape index (κ3) is 4.70. The summed E-state index contributed by atoms with van der Waals surface area (Å²) in [6.45, 7) is 4.11. The molecule has 17 heavy (non-hydrogen) atoms. The molecule has 0 saturated heterocycles. The number of hydrogen-bond acceptors (Lipinski definition) is 2. The number of hydrogen-bond donors (Lipinski definition) is 1. The maximum Gasteiger partial charge on any atom is 0.149 e. The molecule has 2 unspecified atom stereocenters. The predicted octanol–water partition coefficient (Wildman–Crippen LogP) is 2.95. The van der Waals surface area contributed by atoms with E-state index < -0.39 is 0 Å². The van der Waals surface area contributed by atoms with Gasteiger partial charge in [-0.1, -0.05) is 50.6 Å². The molecule has 0 amide bonds. The van der Waals surface area contributed by atoms with Crippen LogP contribution in [0.3, 0.4) is 0 Å². The van der Waals surface area contributed by atoms with Crippen molar-refractivity contribution < 1.29 is 4.79 Å². The first-order chi connectivity index (χ1) is 8.15. The minimum atomic E-state index is -0.282. The average Bonchev–Trinajstić information content (AvgIpc) is 2.38. The van der Waals surface area contributed by atoms with Crippen molar-refractivity contribution in [1.29, 1.82) is 0 Å². The summed E-state index contributed by atoms with van der Waals surface area (Å²) >= 11 is 0. The number of aryl methyl sites for hydroxylation is 1. The molecule has 0 aliphatic heterocycles. The van der Waals surface area contributed by atoms with Gasteiger partial charge >= 0.3 is 0 Å². The highest BCUT2D eigenvalue weighted by molar-refractivity contribution is 5.84. The Morgan fingerprint density at radius 3 is 2.53 bits per heavy atom. The number of ketones is 1. The third-order valence-corrected chi connectivity index (χ3v) is 3.36. The van der Waals surface area contributed by atoms with Gasteiger partial charge in [0.1, 0.15) is 5.78 Å². The molecular weight excluding hydrogens is 210 g/mol. The summed E-state index contributed by atoms with van der Waals surface area (Å²) < 4.78 is 0. The van der Waals surface area contributed by atoms with Crippen molar-refractivity contribution in [3.63, 3.8) is 0 Å². The zero-order valence-corrected chi connectivity index (χ0v) is 10.9. The molecule has 0 fully saturated rings. The summed E-state index contributed by atoms with van der Waals surface area (Å²) in [6, 6.07) is 9.98. The molecular formula is C15H23NO. The van der Waals surface area contributed by atoms with E-state index in [2.05, 4.69) is 19.1 Å². The van der Waals surface area contributed by atoms with E-state index in [1.54, 1.807) is 0 Å². The summed E-state index contributed by atoms with van der Waals surface area (Å²) in [5.74, 6) is 0.495. The molecule has 0 saturated carbocycles. The molecule has 0 aliphatic rings. The van der Waals surface area contributed by atoms with Crippen molar-refractivity contribution >= 4 is 5.78 Å². The second-order valence-electron chi connectivity index (χ2n) is 4.72. The molecule has 2 N–H and O–H groups in total. The average molecular weight is 233 g/mol. The van der Waals surface area contributed by atoms with Crippen molar-refractivity contribution in [2.45, 2.75) is 45.6 Å². The van der Waals surface area contributed by atoms with Crippen LogP contribution in [0.1, 0.15) is 38.7 Å². The normalized spacial score (nSPS) is 14.3. The highest BCUT2D eigenvalue weighted by atomic mass is 16.1. The quantitative estimate of drug-likeness (QED) is 0.786. The fourth-order valence-corrected chi connectivity index (χ4v) is 1.85. The number of nitrogens with two attached hydrogens (primary N) is 1. The summed E-state index contributed by atoms with van der Waals surface area (Å²) in [4.78, 5) is 11.8. The van der Waals surface area contributed by atoms with Gasteiger partial charge in [0.05, 0.1) is 6.04 Å². The van der Waals surface area contributed by atoms with Gasteiger partial charge in [0.2, 0.25) is 0 Å². The van der Waals surface area contributed by atoms with E-state index in [4.69, 9.17) is 5.73 Å². The first-order valence-corrected chi connectivity index (χ1v) is 6.47. The van der Waals surface area contributed by atoms with Gasteiger partial charge in [-0.25, -0.2) is 0 Å². The summed E-state index contributed by atoms with van der Waals surface area (Å²) in [6.07, 6.45) is 3.42. The Morgan fingerprint density at radius 1 is 1.29 bits per heavy atom. The summed E-state index contributed by atoms with van der Waals surface area (Å²) in [5.41, 5.74) is 7.19. The van der Waals surface area contributed by atoms with E-state index in [1.807, 2.05) is 25.1 Å². The number of carbonyl (C=O) groups is 1. The van der Waals surface area contributed by atoms with E-state index in [9.17, 15) is 4.79 Å². The van der Waals surface area contributed by atoms with Gasteiger partial charge in [0, 0.05) is 6.42 Å². The zero-order valence-electron chi connectivity index (χ0n) is 10.9.